The average molecular weight is 653 g/mol. The lowest BCUT2D eigenvalue weighted by atomic mass is 9.78. The molecular formula is C30H28B2F3N3O9. The van der Waals surface area contributed by atoms with Crippen LogP contribution in [0.5, 0.6) is 0 Å². The molecule has 2 aliphatic rings. The van der Waals surface area contributed by atoms with Crippen LogP contribution in [0.4, 0.5) is 13.2 Å². The van der Waals surface area contributed by atoms with E-state index in [0.29, 0.717) is 22.1 Å². The third-order valence-corrected chi connectivity index (χ3v) is 7.91. The van der Waals surface area contributed by atoms with E-state index in [2.05, 4.69) is 16.0 Å². The summed E-state index contributed by atoms with van der Waals surface area (Å²) in [6.45, 7) is 1.71. The quantitative estimate of drug-likeness (QED) is 0.169. The van der Waals surface area contributed by atoms with Crippen LogP contribution in [-0.2, 0) is 38.3 Å². The summed E-state index contributed by atoms with van der Waals surface area (Å²) in [5.41, 5.74) is 1.33. The molecule has 5 rings (SSSR count). The summed E-state index contributed by atoms with van der Waals surface area (Å²) >= 11 is 0. The van der Waals surface area contributed by atoms with Crippen molar-refractivity contribution < 1.29 is 56.8 Å². The number of carbonyl (C=O) groups is 4. The van der Waals surface area contributed by atoms with Crippen LogP contribution in [0.25, 0.3) is 0 Å². The number of rotatable bonds is 10. The fourth-order valence-electron chi connectivity index (χ4n) is 5.32. The highest BCUT2D eigenvalue weighted by Gasteiger charge is 2.35. The molecule has 0 bridgehead atoms. The lowest BCUT2D eigenvalue weighted by Gasteiger charge is -2.28. The highest BCUT2D eigenvalue weighted by molar-refractivity contribution is 6.62. The molecule has 0 aliphatic carbocycles. The molecule has 0 aromatic heterocycles. The molecule has 6 N–H and O–H groups in total. The Balaban J connectivity index is 1.40. The second kappa shape index (κ2) is 13.6. The number of benzene rings is 3. The van der Waals surface area contributed by atoms with Gasteiger partial charge in [0.25, 0.3) is 11.8 Å². The van der Waals surface area contributed by atoms with Crippen molar-refractivity contribution in [3.63, 3.8) is 0 Å². The highest BCUT2D eigenvalue weighted by Crippen LogP contribution is 2.30. The lowest BCUT2D eigenvalue weighted by Crippen LogP contribution is -2.58. The number of hydrogen-bond donors (Lipinski definition) is 6. The first kappa shape index (κ1) is 33.7. The van der Waals surface area contributed by atoms with E-state index in [-0.39, 0.29) is 29.9 Å². The third kappa shape index (κ3) is 7.65. The summed E-state index contributed by atoms with van der Waals surface area (Å²) < 4.78 is 49.7. The lowest BCUT2D eigenvalue weighted by molar-refractivity contribution is -0.139. The fourth-order valence-corrected chi connectivity index (χ4v) is 5.32. The zero-order valence-electron chi connectivity index (χ0n) is 24.7. The van der Waals surface area contributed by atoms with Gasteiger partial charge in [0.1, 0.15) is 6.04 Å². The Morgan fingerprint density at radius 2 is 1.32 bits per heavy atom. The summed E-state index contributed by atoms with van der Waals surface area (Å²) in [5, 5.41) is 37.3. The minimum Gasteiger partial charge on any atom is -0.481 e. The highest BCUT2D eigenvalue weighted by atomic mass is 19.4. The number of alkyl halides is 3. The topological polar surface area (TPSA) is 184 Å². The second-order valence-corrected chi connectivity index (χ2v) is 11.1. The number of carbonyl (C=O) groups excluding carboxylic acids is 3. The van der Waals surface area contributed by atoms with Crippen molar-refractivity contribution in [3.05, 3.63) is 94.0 Å². The minimum atomic E-state index is -4.64. The van der Waals surface area contributed by atoms with Gasteiger partial charge in [0.2, 0.25) is 5.91 Å². The van der Waals surface area contributed by atoms with Gasteiger partial charge in [-0.25, -0.2) is 0 Å². The standard InChI is InChI=1S/C30H28B2F3N3O9/c1-15(36-27(41)17-2-4-19-13-46-31(44)22(19)10-17)26(38-28(42)18-3-5-20-14-47-32(45)23(20)11-18)29(43)37-24(12-25(39)40)16-6-8-21(9-7-16)30(33,34)35/h2-11,15,24,26,44-45H,12-14H2,1H3,(H,36,41)(H,37,43)(H,38,42)(H,39,40)/t15-,24?,26-/m0/s1. The number of fused-ring (bicyclic) bond motifs is 2. The first-order chi connectivity index (χ1) is 22.2. The van der Waals surface area contributed by atoms with E-state index in [9.17, 15) is 47.5 Å². The van der Waals surface area contributed by atoms with Gasteiger partial charge in [-0.2, -0.15) is 13.2 Å². The first-order valence-electron chi connectivity index (χ1n) is 14.4. The Kier molecular flexibility index (Phi) is 9.72. The molecule has 17 heteroatoms. The summed E-state index contributed by atoms with van der Waals surface area (Å²) in [5.74, 6) is -3.76. The molecule has 0 radical (unpaired) electrons. The number of nitrogens with one attached hydrogen (secondary N) is 3. The minimum absolute atomic E-state index is 0.0436. The normalized spacial score (nSPS) is 15.7. The Morgan fingerprint density at radius 1 is 0.809 bits per heavy atom. The molecule has 1 unspecified atom stereocenters. The average Bonchev–Trinajstić information content (AvgIpc) is 3.59. The third-order valence-electron chi connectivity index (χ3n) is 7.91. The molecule has 0 saturated carbocycles. The van der Waals surface area contributed by atoms with E-state index in [0.717, 1.165) is 24.3 Å². The van der Waals surface area contributed by atoms with Crippen molar-refractivity contribution in [2.24, 2.45) is 0 Å². The van der Waals surface area contributed by atoms with Gasteiger partial charge in [-0.05, 0) is 70.9 Å². The van der Waals surface area contributed by atoms with Crippen LogP contribution in [0.3, 0.4) is 0 Å². The van der Waals surface area contributed by atoms with Crippen LogP contribution in [-0.4, -0.2) is 65.2 Å². The van der Waals surface area contributed by atoms with Crippen molar-refractivity contribution >= 4 is 48.9 Å². The van der Waals surface area contributed by atoms with E-state index < -0.39 is 74.2 Å². The number of hydrogen-bond acceptors (Lipinski definition) is 8. The molecule has 0 saturated heterocycles. The molecule has 0 spiro atoms. The Bertz CT molecular complexity index is 1710. The van der Waals surface area contributed by atoms with Gasteiger partial charge in [-0.3, -0.25) is 19.2 Å². The van der Waals surface area contributed by atoms with Crippen molar-refractivity contribution in [1.29, 1.82) is 0 Å². The molecule has 3 aromatic rings. The maximum atomic E-state index is 13.7. The van der Waals surface area contributed by atoms with Gasteiger partial charge in [-0.15, -0.1) is 0 Å². The van der Waals surface area contributed by atoms with E-state index >= 15 is 0 Å². The van der Waals surface area contributed by atoms with Gasteiger partial charge < -0.3 is 40.4 Å². The van der Waals surface area contributed by atoms with E-state index in [1.165, 1.54) is 31.2 Å². The maximum Gasteiger partial charge on any atom is 0.491 e. The predicted molar refractivity (Wildman–Crippen MR) is 160 cm³/mol. The molecule has 3 amide bonds. The van der Waals surface area contributed by atoms with Gasteiger partial charge in [-0.1, -0.05) is 24.3 Å². The molecule has 3 atom stereocenters. The predicted octanol–water partition coefficient (Wildman–Crippen LogP) is 0.390. The largest absolute Gasteiger partial charge is 0.491 e. The molecule has 2 aliphatic heterocycles. The summed E-state index contributed by atoms with van der Waals surface area (Å²) in [6.07, 6.45) is -5.35. The van der Waals surface area contributed by atoms with Crippen LogP contribution >= 0.6 is 0 Å². The van der Waals surface area contributed by atoms with Crippen LogP contribution in [0.2, 0.25) is 0 Å². The van der Waals surface area contributed by atoms with Crippen molar-refractivity contribution in [2.75, 3.05) is 0 Å². The number of carboxylic acid groups (broad SMARTS) is 1. The number of amides is 3. The maximum absolute atomic E-state index is 13.7. The van der Waals surface area contributed by atoms with Crippen LogP contribution in [0, 0.1) is 0 Å². The molecule has 0 fully saturated rings. The number of halogens is 3. The molecule has 2 heterocycles. The van der Waals surface area contributed by atoms with Crippen molar-refractivity contribution in [2.45, 2.75) is 50.9 Å². The smallest absolute Gasteiger partial charge is 0.481 e. The fraction of sp³-hybridized carbons (Fsp3) is 0.267. The summed E-state index contributed by atoms with van der Waals surface area (Å²) in [4.78, 5) is 52.0. The van der Waals surface area contributed by atoms with Crippen molar-refractivity contribution in [3.8, 4) is 0 Å². The van der Waals surface area contributed by atoms with Crippen molar-refractivity contribution in [1.82, 2.24) is 16.0 Å². The SMILES string of the molecule is C[C@H](NC(=O)c1ccc2c(c1)B(O)OC2)[C@H](NC(=O)c1ccc2c(c1)B(O)OC2)C(=O)NC(CC(=O)O)c1ccc(C(F)(F)F)cc1. The van der Waals surface area contributed by atoms with Crippen LogP contribution in [0.1, 0.15) is 62.4 Å². The first-order valence-corrected chi connectivity index (χ1v) is 14.4. The Labute approximate surface area is 266 Å². The van der Waals surface area contributed by atoms with Crippen LogP contribution in [0.15, 0.2) is 60.7 Å². The molecule has 47 heavy (non-hydrogen) atoms. The van der Waals surface area contributed by atoms with Gasteiger partial charge in [0.05, 0.1) is 37.3 Å². The van der Waals surface area contributed by atoms with E-state index in [1.807, 2.05) is 0 Å². The van der Waals surface area contributed by atoms with E-state index in [4.69, 9.17) is 9.31 Å². The zero-order chi connectivity index (χ0) is 34.0. The molecule has 3 aromatic carbocycles. The molecular weight excluding hydrogens is 625 g/mol. The second-order valence-electron chi connectivity index (χ2n) is 11.1. The Morgan fingerprint density at radius 3 is 1.81 bits per heavy atom. The zero-order valence-corrected chi connectivity index (χ0v) is 24.7. The summed E-state index contributed by atoms with van der Waals surface area (Å²) in [6, 6.07) is 8.52. The number of carboxylic acids is 1. The van der Waals surface area contributed by atoms with Gasteiger partial charge in [0, 0.05) is 11.1 Å². The van der Waals surface area contributed by atoms with Gasteiger partial charge >= 0.3 is 26.4 Å². The van der Waals surface area contributed by atoms with Crippen LogP contribution < -0.4 is 26.9 Å². The Hall–Kier alpha value is -4.70. The summed E-state index contributed by atoms with van der Waals surface area (Å²) in [7, 11) is -2.48. The molecule has 244 valence electrons. The molecule has 12 nitrogen and oxygen atoms in total. The monoisotopic (exact) mass is 653 g/mol. The number of aliphatic carboxylic acids is 1. The van der Waals surface area contributed by atoms with Gasteiger partial charge in [0.15, 0.2) is 0 Å². The van der Waals surface area contributed by atoms with E-state index in [1.54, 1.807) is 12.1 Å².